The van der Waals surface area contributed by atoms with Gasteiger partial charge in [0.15, 0.2) is 0 Å². The van der Waals surface area contributed by atoms with Crippen molar-refractivity contribution in [2.45, 2.75) is 39.0 Å². The second kappa shape index (κ2) is 5.87. The van der Waals surface area contributed by atoms with Crippen molar-refractivity contribution in [3.8, 4) is 0 Å². The molecule has 1 atom stereocenters. The topological polar surface area (TPSA) is 29.5 Å². The number of alkyl halides is 1. The first-order valence-corrected chi connectivity index (χ1v) is 6.38. The molecule has 0 spiro atoms. The molecule has 1 heterocycles. The third-order valence-corrected chi connectivity index (χ3v) is 3.11. The number of rotatable bonds is 4. The molecule has 1 saturated heterocycles. The molecule has 1 aliphatic rings. The molecule has 1 unspecified atom stereocenters. The van der Waals surface area contributed by atoms with Gasteiger partial charge in [-0.2, -0.15) is 0 Å². The molecule has 0 aromatic carbocycles. The van der Waals surface area contributed by atoms with E-state index >= 15 is 0 Å². The molecule has 16 heavy (non-hydrogen) atoms. The van der Waals surface area contributed by atoms with Gasteiger partial charge in [0.05, 0.1) is 13.0 Å². The summed E-state index contributed by atoms with van der Waals surface area (Å²) in [4.78, 5) is 13.5. The van der Waals surface area contributed by atoms with Crippen molar-refractivity contribution in [1.82, 2.24) is 4.90 Å². The predicted octanol–water partition coefficient (Wildman–Crippen LogP) is 2.28. The number of halogens is 1. The number of piperidine rings is 1. The number of carbonyl (C=O) groups excluding carboxylic acids is 1. The van der Waals surface area contributed by atoms with Crippen LogP contribution in [0.1, 0.15) is 33.6 Å². The zero-order chi connectivity index (χ0) is 12.2. The summed E-state index contributed by atoms with van der Waals surface area (Å²) in [6.07, 6.45) is 1.51. The number of esters is 1. The highest BCUT2D eigenvalue weighted by molar-refractivity contribution is 6.20. The van der Waals surface area contributed by atoms with Crippen molar-refractivity contribution in [3.63, 3.8) is 0 Å². The summed E-state index contributed by atoms with van der Waals surface area (Å²) in [6.45, 7) is 9.38. The summed E-state index contributed by atoms with van der Waals surface area (Å²) in [7, 11) is 0. The number of nitrogens with zero attached hydrogens (tertiary/aromatic N) is 1. The second-order valence-electron chi connectivity index (χ2n) is 5.26. The van der Waals surface area contributed by atoms with Crippen LogP contribution in [0.3, 0.4) is 0 Å². The van der Waals surface area contributed by atoms with Gasteiger partial charge in [-0.05, 0) is 18.8 Å². The van der Waals surface area contributed by atoms with E-state index in [9.17, 15) is 4.79 Å². The molecule has 0 radical (unpaired) electrons. The van der Waals surface area contributed by atoms with Crippen LogP contribution in [0.4, 0.5) is 0 Å². The molecule has 0 amide bonds. The van der Waals surface area contributed by atoms with Crippen molar-refractivity contribution in [2.24, 2.45) is 5.41 Å². The van der Waals surface area contributed by atoms with Crippen LogP contribution in [0.5, 0.6) is 0 Å². The van der Waals surface area contributed by atoms with Crippen molar-refractivity contribution in [2.75, 3.05) is 26.2 Å². The van der Waals surface area contributed by atoms with Crippen LogP contribution in [0.2, 0.25) is 0 Å². The second-order valence-corrected chi connectivity index (χ2v) is 5.87. The first-order chi connectivity index (χ1) is 7.43. The van der Waals surface area contributed by atoms with Gasteiger partial charge in [-0.3, -0.25) is 4.79 Å². The Morgan fingerprint density at radius 2 is 2.25 bits per heavy atom. The van der Waals surface area contributed by atoms with Gasteiger partial charge >= 0.3 is 5.97 Å². The van der Waals surface area contributed by atoms with Crippen molar-refractivity contribution < 1.29 is 9.53 Å². The number of hydrogen-bond acceptors (Lipinski definition) is 3. The van der Waals surface area contributed by atoms with E-state index in [0.717, 1.165) is 26.1 Å². The smallest absolute Gasteiger partial charge is 0.307 e. The van der Waals surface area contributed by atoms with Gasteiger partial charge in [-0.25, -0.2) is 0 Å². The quantitative estimate of drug-likeness (QED) is 0.564. The molecule has 3 nitrogen and oxygen atoms in total. The van der Waals surface area contributed by atoms with E-state index < -0.39 is 0 Å². The van der Waals surface area contributed by atoms with E-state index in [1.807, 2.05) is 6.92 Å². The summed E-state index contributed by atoms with van der Waals surface area (Å²) in [5.74, 6) is -0.114. The normalized spacial score (nSPS) is 25.4. The summed E-state index contributed by atoms with van der Waals surface area (Å²) >= 11 is 6.21. The fourth-order valence-corrected chi connectivity index (χ4v) is 2.94. The zero-order valence-corrected chi connectivity index (χ0v) is 11.2. The first kappa shape index (κ1) is 13.8. The maximum absolute atomic E-state index is 11.2. The monoisotopic (exact) mass is 247 g/mol. The minimum atomic E-state index is -0.114. The Kier molecular flexibility index (Phi) is 5.06. The number of ether oxygens (including phenoxy) is 1. The molecule has 1 aliphatic heterocycles. The fourth-order valence-electron chi connectivity index (χ4n) is 2.33. The molecule has 0 bridgehead atoms. The van der Waals surface area contributed by atoms with Gasteiger partial charge in [0.2, 0.25) is 0 Å². The molecule has 0 aliphatic carbocycles. The molecular weight excluding hydrogens is 226 g/mol. The summed E-state index contributed by atoms with van der Waals surface area (Å²) in [5.41, 5.74) is 0.249. The van der Waals surface area contributed by atoms with Gasteiger partial charge in [0.1, 0.15) is 0 Å². The van der Waals surface area contributed by atoms with Crippen LogP contribution >= 0.6 is 11.6 Å². The van der Waals surface area contributed by atoms with E-state index in [1.54, 1.807) is 0 Å². The van der Waals surface area contributed by atoms with E-state index in [0.29, 0.717) is 13.0 Å². The number of carbonyl (C=O) groups is 1. The molecule has 4 heteroatoms. The Hall–Kier alpha value is -0.280. The van der Waals surface area contributed by atoms with Gasteiger partial charge in [0, 0.05) is 25.0 Å². The van der Waals surface area contributed by atoms with Gasteiger partial charge in [-0.1, -0.05) is 13.8 Å². The average molecular weight is 248 g/mol. The molecular formula is C12H22ClNO2. The van der Waals surface area contributed by atoms with Crippen LogP contribution in [0, 0.1) is 5.41 Å². The minimum Gasteiger partial charge on any atom is -0.466 e. The van der Waals surface area contributed by atoms with Gasteiger partial charge in [0.25, 0.3) is 0 Å². The van der Waals surface area contributed by atoms with E-state index in [4.69, 9.17) is 16.3 Å². The maximum Gasteiger partial charge on any atom is 0.307 e. The lowest BCUT2D eigenvalue weighted by molar-refractivity contribution is -0.143. The third-order valence-electron chi connectivity index (χ3n) is 2.82. The van der Waals surface area contributed by atoms with Crippen molar-refractivity contribution >= 4 is 17.6 Å². The van der Waals surface area contributed by atoms with E-state index in [1.165, 1.54) is 0 Å². The van der Waals surface area contributed by atoms with Crippen LogP contribution in [0.25, 0.3) is 0 Å². The fraction of sp³-hybridized carbons (Fsp3) is 0.917. The summed E-state index contributed by atoms with van der Waals surface area (Å²) in [5, 5.41) is 0.200. The lowest BCUT2D eigenvalue weighted by Crippen LogP contribution is -2.46. The average Bonchev–Trinajstić information content (AvgIpc) is 2.12. The standard InChI is InChI=1S/C12H22ClNO2/c1-4-16-11(15)5-6-14-8-10(13)7-12(2,3)9-14/h10H,4-9H2,1-3H3. The predicted molar refractivity (Wildman–Crippen MR) is 65.7 cm³/mol. The number of hydrogen-bond donors (Lipinski definition) is 0. The highest BCUT2D eigenvalue weighted by atomic mass is 35.5. The Morgan fingerprint density at radius 1 is 1.56 bits per heavy atom. The van der Waals surface area contributed by atoms with Crippen LogP contribution in [-0.4, -0.2) is 42.5 Å². The largest absolute Gasteiger partial charge is 0.466 e. The lowest BCUT2D eigenvalue weighted by atomic mass is 9.84. The van der Waals surface area contributed by atoms with Crippen molar-refractivity contribution in [1.29, 1.82) is 0 Å². The highest BCUT2D eigenvalue weighted by Gasteiger charge is 2.31. The molecule has 0 aromatic heterocycles. The van der Waals surface area contributed by atoms with E-state index in [-0.39, 0.29) is 16.8 Å². The molecule has 1 rings (SSSR count). The van der Waals surface area contributed by atoms with E-state index in [2.05, 4.69) is 18.7 Å². The van der Waals surface area contributed by atoms with Crippen LogP contribution in [-0.2, 0) is 9.53 Å². The van der Waals surface area contributed by atoms with Gasteiger partial charge in [-0.15, -0.1) is 11.6 Å². The zero-order valence-electron chi connectivity index (χ0n) is 10.5. The van der Waals surface area contributed by atoms with Crippen molar-refractivity contribution in [3.05, 3.63) is 0 Å². The summed E-state index contributed by atoms with van der Waals surface area (Å²) < 4.78 is 4.91. The van der Waals surface area contributed by atoms with Crippen LogP contribution in [0.15, 0.2) is 0 Å². The minimum absolute atomic E-state index is 0.114. The Bertz CT molecular complexity index is 243. The molecule has 0 saturated carbocycles. The Morgan fingerprint density at radius 3 is 2.81 bits per heavy atom. The summed E-state index contributed by atoms with van der Waals surface area (Å²) in [6, 6.07) is 0. The first-order valence-electron chi connectivity index (χ1n) is 5.95. The highest BCUT2D eigenvalue weighted by Crippen LogP contribution is 2.31. The van der Waals surface area contributed by atoms with Crippen LogP contribution < -0.4 is 0 Å². The molecule has 0 N–H and O–H groups in total. The Balaban J connectivity index is 2.34. The van der Waals surface area contributed by atoms with Gasteiger partial charge < -0.3 is 9.64 Å². The lowest BCUT2D eigenvalue weighted by Gasteiger charge is -2.40. The third kappa shape index (κ3) is 4.71. The number of likely N-dealkylation sites (tertiary alicyclic amines) is 1. The molecule has 94 valence electrons. The maximum atomic E-state index is 11.2. The Labute approximate surface area is 103 Å². The molecule has 1 fully saturated rings. The molecule has 0 aromatic rings. The SMILES string of the molecule is CCOC(=O)CCN1CC(Cl)CC(C)(C)C1.